The largest absolute Gasteiger partial charge is 0.396 e. The van der Waals surface area contributed by atoms with E-state index in [-0.39, 0.29) is 12.6 Å². The molecule has 0 fully saturated rings. The number of aliphatic hydroxyl groups is 1. The minimum Gasteiger partial charge on any atom is -0.396 e. The Morgan fingerprint density at radius 3 is 2.81 bits per heavy atom. The average Bonchev–Trinajstić information content (AvgIpc) is 3.05. The van der Waals surface area contributed by atoms with Crippen molar-refractivity contribution in [2.45, 2.75) is 6.42 Å². The van der Waals surface area contributed by atoms with Crippen LogP contribution in [0.4, 0.5) is 11.9 Å². The topological polar surface area (TPSA) is 140 Å². The summed E-state index contributed by atoms with van der Waals surface area (Å²) in [5.74, 6) is 8.13. The van der Waals surface area contributed by atoms with Crippen molar-refractivity contribution in [3.8, 4) is 5.95 Å². The summed E-state index contributed by atoms with van der Waals surface area (Å²) in [5.41, 5.74) is 2.39. The molecule has 0 unspecified atom stereocenters. The van der Waals surface area contributed by atoms with Crippen molar-refractivity contribution in [3.05, 3.63) is 12.7 Å². The van der Waals surface area contributed by atoms with E-state index in [0.717, 1.165) is 17.9 Å². The van der Waals surface area contributed by atoms with Crippen LogP contribution in [0, 0.1) is 0 Å². The Morgan fingerprint density at radius 1 is 1.24 bits per heavy atom. The quantitative estimate of drug-likeness (QED) is 0.266. The second kappa shape index (κ2) is 8.34. The zero-order valence-electron chi connectivity index (χ0n) is 11.3. The number of nitrogens with one attached hydrogen (secondary N) is 2. The van der Waals surface area contributed by atoms with Crippen LogP contribution in [0.15, 0.2) is 12.7 Å². The summed E-state index contributed by atoms with van der Waals surface area (Å²) in [7, 11) is 0. The van der Waals surface area contributed by atoms with E-state index < -0.39 is 0 Å². The van der Waals surface area contributed by atoms with Crippen LogP contribution < -0.4 is 16.6 Å². The number of nitrogen functional groups attached to an aromatic ring is 1. The molecule has 11 heteroatoms. The van der Waals surface area contributed by atoms with Gasteiger partial charge >= 0.3 is 0 Å². The number of aliphatic hydroxyl groups excluding tert-OH is 1. The van der Waals surface area contributed by atoms with Gasteiger partial charge in [-0.1, -0.05) is 0 Å². The molecule has 2 aromatic rings. The molecule has 0 aliphatic rings. The lowest BCUT2D eigenvalue weighted by molar-refractivity contribution is 0.296. The number of hydrogen-bond donors (Lipinski definition) is 4. The van der Waals surface area contributed by atoms with Gasteiger partial charge in [0.1, 0.15) is 12.7 Å². The molecule has 0 saturated carbocycles. The molecule has 0 radical (unpaired) electrons. The molecule has 0 atom stereocenters. The predicted molar refractivity (Wildman–Crippen MR) is 80.1 cm³/mol. The normalized spacial score (nSPS) is 10.6. The summed E-state index contributed by atoms with van der Waals surface area (Å²) >= 11 is 1.75. The Hall–Kier alpha value is -1.98. The van der Waals surface area contributed by atoms with Crippen LogP contribution in [0.2, 0.25) is 0 Å². The molecule has 0 aromatic carbocycles. The Bertz CT molecular complexity index is 535. The molecule has 0 aliphatic carbocycles. The van der Waals surface area contributed by atoms with Gasteiger partial charge in [-0.25, -0.2) is 10.8 Å². The molecule has 0 bridgehead atoms. The fourth-order valence-corrected chi connectivity index (χ4v) is 2.21. The lowest BCUT2D eigenvalue weighted by Crippen LogP contribution is -2.17. The van der Waals surface area contributed by atoms with Crippen molar-refractivity contribution in [1.29, 1.82) is 0 Å². The van der Waals surface area contributed by atoms with Gasteiger partial charge in [-0.3, -0.25) is 5.43 Å². The maximum atomic E-state index is 8.69. The fourth-order valence-electron chi connectivity index (χ4n) is 1.43. The number of aromatic nitrogens is 6. The van der Waals surface area contributed by atoms with Gasteiger partial charge in [0.15, 0.2) is 0 Å². The molecule has 114 valence electrons. The molecule has 0 amide bonds. The third kappa shape index (κ3) is 4.81. The molecule has 5 N–H and O–H groups in total. The van der Waals surface area contributed by atoms with Gasteiger partial charge in [0.25, 0.3) is 5.95 Å². The number of thioether (sulfide) groups is 1. The van der Waals surface area contributed by atoms with Crippen molar-refractivity contribution in [3.63, 3.8) is 0 Å². The predicted octanol–water partition coefficient (Wildman–Crippen LogP) is -0.735. The third-order valence-corrected chi connectivity index (χ3v) is 3.42. The van der Waals surface area contributed by atoms with Gasteiger partial charge in [-0.05, 0) is 12.2 Å². The van der Waals surface area contributed by atoms with Crippen molar-refractivity contribution in [1.82, 2.24) is 29.7 Å². The third-order valence-electron chi connectivity index (χ3n) is 2.35. The van der Waals surface area contributed by atoms with Crippen LogP contribution in [0.3, 0.4) is 0 Å². The monoisotopic (exact) mass is 311 g/mol. The van der Waals surface area contributed by atoms with Crippen LogP contribution in [-0.2, 0) is 0 Å². The first kappa shape index (κ1) is 15.4. The molecule has 10 nitrogen and oxygen atoms in total. The Kier molecular flexibility index (Phi) is 6.12. The molecule has 0 saturated heterocycles. The highest BCUT2D eigenvalue weighted by atomic mass is 32.2. The smallest absolute Gasteiger partial charge is 0.258 e. The first-order chi connectivity index (χ1) is 10.3. The van der Waals surface area contributed by atoms with Gasteiger partial charge in [-0.2, -0.15) is 36.5 Å². The van der Waals surface area contributed by atoms with E-state index in [2.05, 4.69) is 35.8 Å². The van der Waals surface area contributed by atoms with E-state index in [0.29, 0.717) is 18.4 Å². The van der Waals surface area contributed by atoms with Crippen molar-refractivity contribution in [2.75, 3.05) is 35.4 Å². The van der Waals surface area contributed by atoms with Gasteiger partial charge in [-0.15, -0.1) is 0 Å². The molecule has 0 spiro atoms. The standard InChI is InChI=1S/C10H17N9OS/c11-18-9-15-8(13-2-5-21-4-1-3-20)16-10(17-9)19-7-12-6-14-19/h6-7,20H,1-5,11H2,(H2,13,15,16,17,18). The highest BCUT2D eigenvalue weighted by Gasteiger charge is 2.07. The molecular formula is C10H17N9OS. The second-order valence-corrected chi connectivity index (χ2v) is 5.11. The minimum atomic E-state index is 0.223. The molecule has 2 aromatic heterocycles. The van der Waals surface area contributed by atoms with Crippen LogP contribution in [-0.4, -0.2) is 59.5 Å². The van der Waals surface area contributed by atoms with Crippen LogP contribution in [0.1, 0.15) is 6.42 Å². The number of hydrogen-bond acceptors (Lipinski definition) is 10. The average molecular weight is 311 g/mol. The van der Waals surface area contributed by atoms with Crippen LogP contribution >= 0.6 is 11.8 Å². The van der Waals surface area contributed by atoms with Crippen molar-refractivity contribution in [2.24, 2.45) is 5.84 Å². The fraction of sp³-hybridized carbons (Fsp3) is 0.500. The second-order valence-electron chi connectivity index (χ2n) is 3.88. The van der Waals surface area contributed by atoms with E-state index in [4.69, 9.17) is 10.9 Å². The molecule has 21 heavy (non-hydrogen) atoms. The van der Waals surface area contributed by atoms with Gasteiger partial charge < -0.3 is 10.4 Å². The van der Waals surface area contributed by atoms with Gasteiger partial charge in [0.2, 0.25) is 11.9 Å². The van der Waals surface area contributed by atoms with Crippen molar-refractivity contribution < 1.29 is 5.11 Å². The lowest BCUT2D eigenvalue weighted by atomic mass is 10.5. The molecular weight excluding hydrogens is 294 g/mol. The lowest BCUT2D eigenvalue weighted by Gasteiger charge is -2.08. The summed E-state index contributed by atoms with van der Waals surface area (Å²) in [6.45, 7) is 0.918. The van der Waals surface area contributed by atoms with E-state index in [1.54, 1.807) is 11.8 Å². The number of nitrogens with zero attached hydrogens (tertiary/aromatic N) is 6. The summed E-state index contributed by atoms with van der Waals surface area (Å²) in [4.78, 5) is 16.3. The highest BCUT2D eigenvalue weighted by molar-refractivity contribution is 7.99. The number of hydrazine groups is 1. The zero-order valence-corrected chi connectivity index (χ0v) is 12.1. The Labute approximate surface area is 125 Å². The van der Waals surface area contributed by atoms with E-state index in [1.807, 2.05) is 0 Å². The number of nitrogens with two attached hydrogens (primary N) is 1. The Morgan fingerprint density at radius 2 is 2.10 bits per heavy atom. The molecule has 2 rings (SSSR count). The number of anilines is 2. The summed E-state index contributed by atoms with van der Waals surface area (Å²) in [6, 6.07) is 0. The summed E-state index contributed by atoms with van der Waals surface area (Å²) in [6.07, 6.45) is 3.68. The van der Waals surface area contributed by atoms with Crippen LogP contribution in [0.25, 0.3) is 5.95 Å². The van der Waals surface area contributed by atoms with E-state index >= 15 is 0 Å². The maximum Gasteiger partial charge on any atom is 0.258 e. The van der Waals surface area contributed by atoms with Gasteiger partial charge in [0, 0.05) is 18.9 Å². The Balaban J connectivity index is 1.94. The zero-order chi connectivity index (χ0) is 14.9. The first-order valence-corrected chi connectivity index (χ1v) is 7.49. The summed E-state index contributed by atoms with van der Waals surface area (Å²) in [5, 5.41) is 15.7. The van der Waals surface area contributed by atoms with Crippen molar-refractivity contribution >= 4 is 23.7 Å². The maximum absolute atomic E-state index is 8.69. The number of rotatable bonds is 9. The minimum absolute atomic E-state index is 0.223. The highest BCUT2D eigenvalue weighted by Crippen LogP contribution is 2.08. The van der Waals surface area contributed by atoms with E-state index in [9.17, 15) is 0 Å². The first-order valence-electron chi connectivity index (χ1n) is 6.33. The summed E-state index contributed by atoms with van der Waals surface area (Å²) < 4.78 is 1.42. The SMILES string of the molecule is NNc1nc(NCCSCCCO)nc(-n2cncn2)n1. The van der Waals surface area contributed by atoms with Crippen LogP contribution in [0.5, 0.6) is 0 Å². The molecule has 0 aliphatic heterocycles. The molecule has 2 heterocycles. The van der Waals surface area contributed by atoms with Gasteiger partial charge in [0.05, 0.1) is 0 Å². The van der Waals surface area contributed by atoms with E-state index in [1.165, 1.54) is 17.3 Å².